The Labute approximate surface area is 77.4 Å². The van der Waals surface area contributed by atoms with Gasteiger partial charge in [0.05, 0.1) is 0 Å². The molecule has 0 aliphatic carbocycles. The summed E-state index contributed by atoms with van der Waals surface area (Å²) in [5.74, 6) is 0. The molecule has 0 saturated heterocycles. The lowest BCUT2D eigenvalue weighted by molar-refractivity contribution is 0.728. The Kier molecular flexibility index (Phi) is 10.0. The molecule has 12 heavy (non-hydrogen) atoms. The van der Waals surface area contributed by atoms with Crippen LogP contribution in [0.25, 0.3) is 0 Å². The minimum atomic E-state index is 1.13. The highest BCUT2D eigenvalue weighted by atomic mass is 13.9. The molecule has 1 radical (unpaired) electrons. The molecule has 0 spiro atoms. The van der Waals surface area contributed by atoms with Crippen molar-refractivity contribution in [2.45, 2.75) is 45.4 Å². The highest BCUT2D eigenvalue weighted by molar-refractivity contribution is 4.88. The largest absolute Gasteiger partial charge is 0.0885 e. The Bertz CT molecular complexity index is 120. The Balaban J connectivity index is 3.03. The molecule has 0 aromatic rings. The lowest BCUT2D eigenvalue weighted by Crippen LogP contribution is -1.71. The summed E-state index contributed by atoms with van der Waals surface area (Å²) < 4.78 is 0. The van der Waals surface area contributed by atoms with Crippen LogP contribution >= 0.6 is 0 Å². The molecule has 0 atom stereocenters. The minimum absolute atomic E-state index is 1.13. The van der Waals surface area contributed by atoms with E-state index < -0.39 is 0 Å². The van der Waals surface area contributed by atoms with Gasteiger partial charge in [-0.2, -0.15) is 0 Å². The van der Waals surface area contributed by atoms with E-state index in [-0.39, 0.29) is 0 Å². The van der Waals surface area contributed by atoms with Gasteiger partial charge in [-0.25, -0.2) is 0 Å². The van der Waals surface area contributed by atoms with Crippen molar-refractivity contribution >= 4 is 0 Å². The van der Waals surface area contributed by atoms with Crippen LogP contribution in [0.15, 0.2) is 24.3 Å². The van der Waals surface area contributed by atoms with E-state index in [9.17, 15) is 0 Å². The summed E-state index contributed by atoms with van der Waals surface area (Å²) in [5.41, 5.74) is 0. The predicted molar refractivity (Wildman–Crippen MR) is 57.0 cm³/mol. The van der Waals surface area contributed by atoms with Crippen LogP contribution in [-0.4, -0.2) is 0 Å². The van der Waals surface area contributed by atoms with Crippen LogP contribution in [0.5, 0.6) is 0 Å². The number of rotatable bonds is 7. The van der Waals surface area contributed by atoms with Crippen molar-refractivity contribution in [2.75, 3.05) is 0 Å². The molecule has 0 aromatic heterocycles. The van der Waals surface area contributed by atoms with Crippen LogP contribution in [0.1, 0.15) is 45.4 Å². The van der Waals surface area contributed by atoms with Gasteiger partial charge in [-0.1, -0.05) is 44.1 Å². The Morgan fingerprint density at radius 2 is 1.58 bits per heavy atom. The summed E-state index contributed by atoms with van der Waals surface area (Å²) in [6, 6.07) is 0. The summed E-state index contributed by atoms with van der Waals surface area (Å²) in [4.78, 5) is 0. The van der Waals surface area contributed by atoms with E-state index in [0.29, 0.717) is 0 Å². The fraction of sp³-hybridized carbons (Fsp3) is 0.583. The average molecular weight is 165 g/mol. The van der Waals surface area contributed by atoms with E-state index in [1.807, 2.05) is 6.08 Å². The van der Waals surface area contributed by atoms with Gasteiger partial charge in [0.15, 0.2) is 0 Å². The molecule has 69 valence electrons. The van der Waals surface area contributed by atoms with Crippen molar-refractivity contribution in [1.82, 2.24) is 0 Å². The second-order valence-electron chi connectivity index (χ2n) is 3.02. The second kappa shape index (κ2) is 10.5. The van der Waals surface area contributed by atoms with Crippen LogP contribution in [0.2, 0.25) is 0 Å². The molecule has 0 nitrogen and oxygen atoms in total. The molecular weight excluding hydrogens is 144 g/mol. The maximum atomic E-state index is 3.64. The summed E-state index contributed by atoms with van der Waals surface area (Å²) >= 11 is 0. The summed E-state index contributed by atoms with van der Waals surface area (Å²) in [6.45, 7) is 5.88. The number of allylic oxidation sites excluding steroid dienone is 4. The molecule has 0 aliphatic heterocycles. The number of hydrogen-bond acceptors (Lipinski definition) is 0. The van der Waals surface area contributed by atoms with Crippen molar-refractivity contribution in [3.63, 3.8) is 0 Å². The summed E-state index contributed by atoms with van der Waals surface area (Å²) in [6.07, 6.45) is 16.1. The molecule has 0 heteroatoms. The first-order chi connectivity index (χ1) is 5.91. The van der Waals surface area contributed by atoms with Crippen LogP contribution in [-0.2, 0) is 0 Å². The van der Waals surface area contributed by atoms with Crippen LogP contribution in [0.4, 0.5) is 0 Å². The van der Waals surface area contributed by atoms with Crippen molar-refractivity contribution in [3.8, 4) is 0 Å². The van der Waals surface area contributed by atoms with Crippen molar-refractivity contribution < 1.29 is 0 Å². The quantitative estimate of drug-likeness (QED) is 0.390. The second-order valence-corrected chi connectivity index (χ2v) is 3.02. The standard InChI is InChI=1S/C12H21/c1-3-5-7-9-11-12-10-8-6-4-2/h3,5,11-12H,1,4,6-10H2,2H3. The van der Waals surface area contributed by atoms with Gasteiger partial charge in [0.1, 0.15) is 0 Å². The van der Waals surface area contributed by atoms with E-state index in [1.165, 1.54) is 25.7 Å². The SMILES string of the molecule is [CH2]C=CCCC=CCCCCC. The van der Waals surface area contributed by atoms with Gasteiger partial charge in [0, 0.05) is 0 Å². The molecule has 0 fully saturated rings. The van der Waals surface area contributed by atoms with E-state index in [4.69, 9.17) is 0 Å². The van der Waals surface area contributed by atoms with Crippen molar-refractivity contribution in [2.24, 2.45) is 0 Å². The van der Waals surface area contributed by atoms with Crippen molar-refractivity contribution in [1.29, 1.82) is 0 Å². The van der Waals surface area contributed by atoms with Gasteiger partial charge in [0.2, 0.25) is 0 Å². The van der Waals surface area contributed by atoms with Gasteiger partial charge in [0.25, 0.3) is 0 Å². The van der Waals surface area contributed by atoms with E-state index in [1.54, 1.807) is 0 Å². The van der Waals surface area contributed by atoms with E-state index >= 15 is 0 Å². The zero-order valence-corrected chi connectivity index (χ0v) is 8.26. The van der Waals surface area contributed by atoms with Gasteiger partial charge >= 0.3 is 0 Å². The van der Waals surface area contributed by atoms with Crippen LogP contribution in [0, 0.1) is 6.92 Å². The smallest absolute Gasteiger partial charge is 0.0316 e. The Morgan fingerprint density at radius 3 is 2.25 bits per heavy atom. The molecule has 0 amide bonds. The summed E-state index contributed by atoms with van der Waals surface area (Å²) in [5, 5.41) is 0. The van der Waals surface area contributed by atoms with Gasteiger partial charge < -0.3 is 0 Å². The van der Waals surface area contributed by atoms with Crippen LogP contribution < -0.4 is 0 Å². The maximum absolute atomic E-state index is 3.64. The third-order valence-electron chi connectivity index (χ3n) is 1.81. The number of unbranched alkanes of at least 4 members (excludes halogenated alkanes) is 4. The lowest BCUT2D eigenvalue weighted by Gasteiger charge is -1.91. The highest BCUT2D eigenvalue weighted by Crippen LogP contribution is 2.01. The first-order valence-electron chi connectivity index (χ1n) is 5.01. The fourth-order valence-corrected chi connectivity index (χ4v) is 1.06. The Morgan fingerprint density at radius 1 is 0.917 bits per heavy atom. The topological polar surface area (TPSA) is 0 Å². The molecule has 0 aromatic carbocycles. The van der Waals surface area contributed by atoms with Gasteiger partial charge in [-0.15, -0.1) is 0 Å². The first kappa shape index (κ1) is 11.5. The zero-order valence-electron chi connectivity index (χ0n) is 8.26. The monoisotopic (exact) mass is 165 g/mol. The lowest BCUT2D eigenvalue weighted by atomic mass is 10.2. The fourth-order valence-electron chi connectivity index (χ4n) is 1.06. The highest BCUT2D eigenvalue weighted by Gasteiger charge is 1.81. The molecule has 0 unspecified atom stereocenters. The Hall–Kier alpha value is -0.520. The maximum Gasteiger partial charge on any atom is -0.0316 e. The zero-order chi connectivity index (χ0) is 9.07. The minimum Gasteiger partial charge on any atom is -0.0885 e. The normalized spacial score (nSPS) is 11.8. The van der Waals surface area contributed by atoms with Crippen molar-refractivity contribution in [3.05, 3.63) is 31.2 Å². The van der Waals surface area contributed by atoms with Gasteiger partial charge in [-0.05, 0) is 32.6 Å². The molecular formula is C12H21. The predicted octanol–water partition coefficient (Wildman–Crippen LogP) is 4.29. The third kappa shape index (κ3) is 9.48. The molecule has 0 bridgehead atoms. The summed E-state index contributed by atoms with van der Waals surface area (Å²) in [7, 11) is 0. The molecule has 0 aliphatic rings. The van der Waals surface area contributed by atoms with E-state index in [2.05, 4.69) is 32.1 Å². The van der Waals surface area contributed by atoms with E-state index in [0.717, 1.165) is 12.8 Å². The van der Waals surface area contributed by atoms with Gasteiger partial charge in [-0.3, -0.25) is 0 Å². The first-order valence-corrected chi connectivity index (χ1v) is 5.01. The average Bonchev–Trinajstić information content (AvgIpc) is 2.10. The molecule has 0 saturated carbocycles. The molecule has 0 N–H and O–H groups in total. The molecule has 0 rings (SSSR count). The number of hydrogen-bond donors (Lipinski definition) is 0. The van der Waals surface area contributed by atoms with Crippen LogP contribution in [0.3, 0.4) is 0 Å². The molecule has 0 heterocycles. The third-order valence-corrected chi connectivity index (χ3v) is 1.81.